The molecule has 0 aliphatic heterocycles. The van der Waals surface area contributed by atoms with Gasteiger partial charge in [0.2, 0.25) is 5.56 Å². The van der Waals surface area contributed by atoms with Crippen LogP contribution in [-0.2, 0) is 12.6 Å². The van der Waals surface area contributed by atoms with Crippen LogP contribution in [0.1, 0.15) is 47.0 Å². The van der Waals surface area contributed by atoms with Gasteiger partial charge in [0.15, 0.2) is 0 Å². The molecule has 1 aliphatic rings. The smallest absolute Gasteiger partial charge is 0.249 e. The summed E-state index contributed by atoms with van der Waals surface area (Å²) in [6.45, 7) is 1.93. The maximum Gasteiger partial charge on any atom is 0.249 e. The van der Waals surface area contributed by atoms with Gasteiger partial charge >= 0.3 is 0 Å². The molecule has 2 unspecified atom stereocenters. The quantitative estimate of drug-likeness (QED) is 0.252. The summed E-state index contributed by atoms with van der Waals surface area (Å²) in [5, 5.41) is 14.4. The van der Waals surface area contributed by atoms with Crippen LogP contribution in [-0.4, -0.2) is 19.6 Å². The van der Waals surface area contributed by atoms with E-state index in [1.54, 1.807) is 12.3 Å². The van der Waals surface area contributed by atoms with Crippen LogP contribution in [0.5, 0.6) is 0 Å². The third kappa shape index (κ3) is 4.36. The lowest BCUT2D eigenvalue weighted by molar-refractivity contribution is 0.0339. The third-order valence-electron chi connectivity index (χ3n) is 8.01. The Morgan fingerprint density at radius 3 is 2.56 bits per heavy atom. The van der Waals surface area contributed by atoms with E-state index in [4.69, 9.17) is 18.0 Å². The molecule has 194 valence electrons. The fourth-order valence-corrected chi connectivity index (χ4v) is 5.94. The molecule has 2 N–H and O–H groups in total. The normalized spacial score (nSPS) is 15.6. The Labute approximate surface area is 232 Å². The van der Waals surface area contributed by atoms with Gasteiger partial charge in [0.25, 0.3) is 0 Å². The summed E-state index contributed by atoms with van der Waals surface area (Å²) < 4.78 is 1.96. The molecule has 2 atom stereocenters. The molecule has 1 saturated carbocycles. The number of pyridine rings is 1. The van der Waals surface area contributed by atoms with Gasteiger partial charge in [-0.3, -0.25) is 4.79 Å². The van der Waals surface area contributed by atoms with Crippen LogP contribution >= 0.6 is 11.6 Å². The van der Waals surface area contributed by atoms with Crippen LogP contribution in [0.15, 0.2) is 83.8 Å². The highest BCUT2D eigenvalue weighted by Crippen LogP contribution is 2.55. The van der Waals surface area contributed by atoms with E-state index in [0.29, 0.717) is 5.02 Å². The summed E-state index contributed by atoms with van der Waals surface area (Å²) in [6.07, 6.45) is 9.46. The van der Waals surface area contributed by atoms with Crippen molar-refractivity contribution in [2.45, 2.75) is 31.3 Å². The molecule has 0 spiro atoms. The molecule has 0 bridgehead atoms. The number of hydrogen-bond acceptors (Lipinski definition) is 3. The number of rotatable bonds is 6. The van der Waals surface area contributed by atoms with Gasteiger partial charge in [0.1, 0.15) is 11.4 Å². The van der Waals surface area contributed by atoms with Gasteiger partial charge in [-0.2, -0.15) is 0 Å². The van der Waals surface area contributed by atoms with Gasteiger partial charge < -0.3 is 14.7 Å². The Balaban J connectivity index is 1.60. The Bertz CT molecular complexity index is 1810. The van der Waals surface area contributed by atoms with E-state index in [1.165, 1.54) is 0 Å². The van der Waals surface area contributed by atoms with Crippen LogP contribution in [0.4, 0.5) is 0 Å². The molecule has 3 aromatic carbocycles. The van der Waals surface area contributed by atoms with E-state index < -0.39 is 5.60 Å². The van der Waals surface area contributed by atoms with E-state index in [9.17, 15) is 9.90 Å². The predicted molar refractivity (Wildman–Crippen MR) is 156 cm³/mol. The topological polar surface area (TPSA) is 70.9 Å². The van der Waals surface area contributed by atoms with E-state index >= 15 is 0 Å². The fraction of sp³-hybridized carbons (Fsp3) is 0.212. The Hall–Kier alpha value is -4.11. The lowest BCUT2D eigenvalue weighted by atomic mass is 9.72. The maximum absolute atomic E-state index is 12.8. The van der Waals surface area contributed by atoms with Gasteiger partial charge in [-0.25, -0.2) is 4.98 Å². The van der Waals surface area contributed by atoms with Gasteiger partial charge in [0, 0.05) is 40.5 Å². The minimum Gasteiger partial charge on any atom is -0.378 e. The number of fused-ring (bicyclic) bond motifs is 1. The summed E-state index contributed by atoms with van der Waals surface area (Å²) in [6, 6.07) is 22.8. The Kier molecular flexibility index (Phi) is 6.18. The lowest BCUT2D eigenvalue weighted by Gasteiger charge is -2.38. The first kappa shape index (κ1) is 25.2. The number of halogens is 1. The van der Waals surface area contributed by atoms with Crippen LogP contribution in [0.2, 0.25) is 5.02 Å². The lowest BCUT2D eigenvalue weighted by Crippen LogP contribution is -2.38. The van der Waals surface area contributed by atoms with Gasteiger partial charge in [-0.15, -0.1) is 6.42 Å². The molecular formula is C33H28ClN3O2. The highest BCUT2D eigenvalue weighted by molar-refractivity contribution is 6.30. The molecule has 6 rings (SSSR count). The van der Waals surface area contributed by atoms with Crippen molar-refractivity contribution >= 4 is 22.5 Å². The number of nitrogens with one attached hydrogen (secondary N) is 1. The number of nitrogens with zero attached hydrogens (tertiary/aromatic N) is 2. The molecule has 2 aromatic heterocycles. The number of aryl methyl sites for hydroxylation is 1. The van der Waals surface area contributed by atoms with Gasteiger partial charge in [0.05, 0.1) is 11.9 Å². The van der Waals surface area contributed by atoms with Gasteiger partial charge in [-0.05, 0) is 84.3 Å². The van der Waals surface area contributed by atoms with E-state index in [1.807, 2.05) is 79.2 Å². The monoisotopic (exact) mass is 533 g/mol. The van der Waals surface area contributed by atoms with Crippen LogP contribution < -0.4 is 5.56 Å². The second kappa shape index (κ2) is 9.57. The minimum atomic E-state index is -1.36. The molecule has 5 aromatic rings. The number of aromatic amines is 1. The average molecular weight is 534 g/mol. The summed E-state index contributed by atoms with van der Waals surface area (Å²) in [7, 11) is 1.93. The predicted octanol–water partition coefficient (Wildman–Crippen LogP) is 6.30. The summed E-state index contributed by atoms with van der Waals surface area (Å²) in [4.78, 5) is 20.1. The van der Waals surface area contributed by atoms with Crippen molar-refractivity contribution in [3.8, 4) is 23.5 Å². The van der Waals surface area contributed by atoms with Gasteiger partial charge in [-0.1, -0.05) is 47.9 Å². The molecule has 1 aliphatic carbocycles. The zero-order chi connectivity index (χ0) is 27.3. The number of terminal acetylenes is 1. The van der Waals surface area contributed by atoms with Crippen molar-refractivity contribution in [3.63, 3.8) is 0 Å². The molecule has 1 fully saturated rings. The maximum atomic E-state index is 12.8. The van der Waals surface area contributed by atoms with Crippen LogP contribution in [0, 0.1) is 25.2 Å². The first-order valence-corrected chi connectivity index (χ1v) is 13.4. The molecule has 0 radical (unpaired) electrons. The van der Waals surface area contributed by atoms with Crippen molar-refractivity contribution in [3.05, 3.63) is 123 Å². The molecule has 6 heteroatoms. The highest BCUT2D eigenvalue weighted by atomic mass is 35.5. The fourth-order valence-electron chi connectivity index (χ4n) is 5.81. The standard InChI is InChI=1S/C33H28ClN3O2/c1-4-21-6-5-7-23(16-21)27-18-31(38)36-29-15-10-24(17-28(27)29)32(22-8-9-22)33(39,25-11-13-26(34)14-12-25)30-19-35-20(2)37(30)3/h1,5-7,10-19,22,32,39H,8-9H2,2-3H3,(H,36,38). The zero-order valence-electron chi connectivity index (χ0n) is 21.8. The zero-order valence-corrected chi connectivity index (χ0v) is 22.5. The molecule has 0 saturated heterocycles. The molecule has 2 heterocycles. The van der Waals surface area contributed by atoms with E-state index in [-0.39, 0.29) is 17.4 Å². The van der Waals surface area contributed by atoms with Crippen molar-refractivity contribution in [2.75, 3.05) is 0 Å². The second-order valence-electron chi connectivity index (χ2n) is 10.4. The van der Waals surface area contributed by atoms with E-state index in [0.717, 1.165) is 63.1 Å². The van der Waals surface area contributed by atoms with Crippen molar-refractivity contribution in [1.29, 1.82) is 0 Å². The summed E-state index contributed by atoms with van der Waals surface area (Å²) >= 11 is 6.25. The summed E-state index contributed by atoms with van der Waals surface area (Å²) in [5.74, 6) is 3.52. The molecule has 39 heavy (non-hydrogen) atoms. The molecule has 5 nitrogen and oxygen atoms in total. The first-order chi connectivity index (χ1) is 18.8. The van der Waals surface area contributed by atoms with Crippen molar-refractivity contribution < 1.29 is 5.11 Å². The van der Waals surface area contributed by atoms with Crippen molar-refractivity contribution in [1.82, 2.24) is 14.5 Å². The average Bonchev–Trinajstić information content (AvgIpc) is 3.72. The van der Waals surface area contributed by atoms with Crippen LogP contribution in [0.25, 0.3) is 22.0 Å². The van der Waals surface area contributed by atoms with Crippen LogP contribution in [0.3, 0.4) is 0 Å². The number of imidazole rings is 1. The second-order valence-corrected chi connectivity index (χ2v) is 10.9. The Morgan fingerprint density at radius 1 is 1.13 bits per heavy atom. The largest absolute Gasteiger partial charge is 0.378 e. The Morgan fingerprint density at radius 2 is 1.90 bits per heavy atom. The number of H-pyrrole nitrogens is 1. The highest BCUT2D eigenvalue weighted by Gasteiger charge is 2.50. The number of hydrogen-bond donors (Lipinski definition) is 2. The molecule has 0 amide bonds. The third-order valence-corrected chi connectivity index (χ3v) is 8.26. The van der Waals surface area contributed by atoms with Crippen molar-refractivity contribution in [2.24, 2.45) is 13.0 Å². The first-order valence-electron chi connectivity index (χ1n) is 13.0. The SMILES string of the molecule is C#Cc1cccc(-c2cc(=O)[nH]c3ccc(C(C4CC4)C(O)(c4ccc(Cl)cc4)c4cnc(C)n4C)cc23)c1. The number of aromatic nitrogens is 3. The number of aliphatic hydroxyl groups is 1. The molecular weight excluding hydrogens is 506 g/mol. The number of benzene rings is 3. The minimum absolute atomic E-state index is 0.182. The summed E-state index contributed by atoms with van der Waals surface area (Å²) in [5.41, 5.74) is 4.08. The van der Waals surface area contributed by atoms with E-state index in [2.05, 4.69) is 22.0 Å².